The number of hydrogen-bond acceptors (Lipinski definition) is 4. The molecule has 1 aromatic heterocycles. The predicted octanol–water partition coefficient (Wildman–Crippen LogP) is 2.20. The largest absolute Gasteiger partial charge is 0.380 e. The van der Waals surface area contributed by atoms with E-state index in [0.29, 0.717) is 0 Å². The maximum Gasteiger partial charge on any atom is 0.133 e. The van der Waals surface area contributed by atoms with Crippen LogP contribution in [0.15, 0.2) is 18.3 Å². The first-order chi connectivity index (χ1) is 9.06. The summed E-state index contributed by atoms with van der Waals surface area (Å²) in [5.41, 5.74) is 1.38. The van der Waals surface area contributed by atoms with Crippen LogP contribution >= 0.6 is 0 Å². The molecule has 0 atom stereocenters. The van der Waals surface area contributed by atoms with Gasteiger partial charge in [0, 0.05) is 43.5 Å². The topological polar surface area (TPSA) is 37.4 Å². The van der Waals surface area contributed by atoms with Crippen molar-refractivity contribution in [2.45, 2.75) is 39.3 Å². The Morgan fingerprint density at radius 2 is 2.16 bits per heavy atom. The molecule has 2 rings (SSSR count). The molecule has 0 radical (unpaired) electrons. The Morgan fingerprint density at radius 3 is 2.95 bits per heavy atom. The van der Waals surface area contributed by atoms with E-state index in [9.17, 15) is 0 Å². The van der Waals surface area contributed by atoms with Crippen molar-refractivity contribution in [3.05, 3.63) is 23.9 Å². The number of rotatable bonds is 3. The smallest absolute Gasteiger partial charge is 0.133 e. The van der Waals surface area contributed by atoms with Crippen molar-refractivity contribution in [1.82, 2.24) is 10.3 Å². The first-order valence-corrected chi connectivity index (χ1v) is 7.08. The van der Waals surface area contributed by atoms with Gasteiger partial charge in [0.15, 0.2) is 0 Å². The van der Waals surface area contributed by atoms with Gasteiger partial charge in [0.05, 0.1) is 6.61 Å². The highest BCUT2D eigenvalue weighted by molar-refractivity contribution is 5.46. The molecular weight excluding hydrogens is 238 g/mol. The number of nitrogens with one attached hydrogen (secondary N) is 1. The van der Waals surface area contributed by atoms with Crippen LogP contribution in [-0.4, -0.2) is 36.8 Å². The maximum absolute atomic E-state index is 5.52. The summed E-state index contributed by atoms with van der Waals surface area (Å²) in [6.45, 7) is 11.0. The van der Waals surface area contributed by atoms with Crippen molar-refractivity contribution >= 4 is 5.82 Å². The van der Waals surface area contributed by atoms with Crippen LogP contribution in [0.3, 0.4) is 0 Å². The lowest BCUT2D eigenvalue weighted by Gasteiger charge is -2.26. The normalized spacial score (nSPS) is 17.3. The van der Waals surface area contributed by atoms with Gasteiger partial charge in [-0.1, -0.05) is 6.07 Å². The van der Waals surface area contributed by atoms with Gasteiger partial charge >= 0.3 is 0 Å². The molecule has 1 fully saturated rings. The highest BCUT2D eigenvalue weighted by Crippen LogP contribution is 2.19. The molecule has 0 unspecified atom stereocenters. The Morgan fingerprint density at radius 1 is 1.32 bits per heavy atom. The summed E-state index contributed by atoms with van der Waals surface area (Å²) >= 11 is 0. The summed E-state index contributed by atoms with van der Waals surface area (Å²) < 4.78 is 5.52. The van der Waals surface area contributed by atoms with E-state index in [-0.39, 0.29) is 5.54 Å². The molecule has 0 spiro atoms. The number of ether oxygens (including phenoxy) is 1. The summed E-state index contributed by atoms with van der Waals surface area (Å²) in [5.74, 6) is 1.10. The lowest BCUT2D eigenvalue weighted by Crippen LogP contribution is -2.36. The Balaban J connectivity index is 2.10. The quantitative estimate of drug-likeness (QED) is 0.907. The highest BCUT2D eigenvalue weighted by Gasteiger charge is 2.16. The minimum absolute atomic E-state index is 0.120. The predicted molar refractivity (Wildman–Crippen MR) is 78.5 cm³/mol. The average molecular weight is 263 g/mol. The van der Waals surface area contributed by atoms with Crippen LogP contribution < -0.4 is 10.2 Å². The number of anilines is 1. The van der Waals surface area contributed by atoms with E-state index in [4.69, 9.17) is 4.74 Å². The molecule has 0 aliphatic carbocycles. The molecular formula is C15H25N3O. The van der Waals surface area contributed by atoms with Gasteiger partial charge in [0.1, 0.15) is 5.82 Å². The first kappa shape index (κ1) is 14.3. The zero-order chi connectivity index (χ0) is 13.7. The molecule has 106 valence electrons. The zero-order valence-electron chi connectivity index (χ0n) is 12.3. The molecule has 2 heterocycles. The summed E-state index contributed by atoms with van der Waals surface area (Å²) in [7, 11) is 0. The van der Waals surface area contributed by atoms with Crippen molar-refractivity contribution in [1.29, 1.82) is 0 Å². The number of nitrogens with zero attached hydrogens (tertiary/aromatic N) is 2. The Bertz CT molecular complexity index is 393. The van der Waals surface area contributed by atoms with Gasteiger partial charge in [-0.3, -0.25) is 0 Å². The molecule has 1 aromatic rings. The lowest BCUT2D eigenvalue weighted by molar-refractivity contribution is 0.152. The van der Waals surface area contributed by atoms with Gasteiger partial charge in [-0.25, -0.2) is 4.98 Å². The summed E-state index contributed by atoms with van der Waals surface area (Å²) in [5, 5.41) is 3.54. The van der Waals surface area contributed by atoms with Crippen LogP contribution in [0.1, 0.15) is 32.8 Å². The number of hydrogen-bond donors (Lipinski definition) is 1. The fourth-order valence-electron chi connectivity index (χ4n) is 2.17. The van der Waals surface area contributed by atoms with Gasteiger partial charge in [0.2, 0.25) is 0 Å². The van der Waals surface area contributed by atoms with E-state index < -0.39 is 0 Å². The molecule has 0 saturated carbocycles. The van der Waals surface area contributed by atoms with E-state index in [0.717, 1.165) is 45.1 Å². The van der Waals surface area contributed by atoms with Crippen LogP contribution in [0.25, 0.3) is 0 Å². The van der Waals surface area contributed by atoms with Gasteiger partial charge in [0.25, 0.3) is 0 Å². The minimum Gasteiger partial charge on any atom is -0.380 e. The Hall–Kier alpha value is -1.13. The van der Waals surface area contributed by atoms with Crippen molar-refractivity contribution in [3.8, 4) is 0 Å². The van der Waals surface area contributed by atoms with Crippen LogP contribution in [0.4, 0.5) is 5.82 Å². The third-order valence-electron chi connectivity index (χ3n) is 3.20. The second kappa shape index (κ2) is 6.35. The molecule has 0 bridgehead atoms. The summed E-state index contributed by atoms with van der Waals surface area (Å²) in [4.78, 5) is 6.92. The van der Waals surface area contributed by atoms with E-state index in [1.54, 1.807) is 0 Å². The molecule has 4 nitrogen and oxygen atoms in total. The average Bonchev–Trinajstić information content (AvgIpc) is 2.64. The van der Waals surface area contributed by atoms with Gasteiger partial charge in [-0.2, -0.15) is 0 Å². The summed E-state index contributed by atoms with van der Waals surface area (Å²) in [6, 6.07) is 4.17. The van der Waals surface area contributed by atoms with E-state index >= 15 is 0 Å². The lowest BCUT2D eigenvalue weighted by atomic mass is 10.1. The summed E-state index contributed by atoms with van der Waals surface area (Å²) in [6.07, 6.45) is 2.95. The molecule has 1 aliphatic rings. The van der Waals surface area contributed by atoms with Crippen molar-refractivity contribution < 1.29 is 4.74 Å². The first-order valence-electron chi connectivity index (χ1n) is 7.08. The second-order valence-electron chi connectivity index (χ2n) is 6.04. The van der Waals surface area contributed by atoms with E-state index in [1.165, 1.54) is 5.56 Å². The van der Waals surface area contributed by atoms with Crippen molar-refractivity contribution in [3.63, 3.8) is 0 Å². The van der Waals surface area contributed by atoms with Gasteiger partial charge < -0.3 is 15.0 Å². The minimum atomic E-state index is 0.120. The number of pyridine rings is 1. The fraction of sp³-hybridized carbons (Fsp3) is 0.667. The molecule has 0 amide bonds. The standard InChI is InChI=1S/C15H25N3O/c1-15(2,3)17-12-13-6-4-7-16-14(13)18-8-5-10-19-11-9-18/h4,6-7,17H,5,8-12H2,1-3H3. The van der Waals surface area contributed by atoms with E-state index in [1.807, 2.05) is 12.3 Å². The second-order valence-corrected chi connectivity index (χ2v) is 6.04. The zero-order valence-corrected chi connectivity index (χ0v) is 12.3. The third kappa shape index (κ3) is 4.48. The van der Waals surface area contributed by atoms with Crippen LogP contribution in [0, 0.1) is 0 Å². The highest BCUT2D eigenvalue weighted by atomic mass is 16.5. The van der Waals surface area contributed by atoms with Gasteiger partial charge in [-0.15, -0.1) is 0 Å². The van der Waals surface area contributed by atoms with Crippen molar-refractivity contribution in [2.24, 2.45) is 0 Å². The van der Waals surface area contributed by atoms with Crippen LogP contribution in [-0.2, 0) is 11.3 Å². The van der Waals surface area contributed by atoms with Crippen LogP contribution in [0.2, 0.25) is 0 Å². The molecule has 1 aliphatic heterocycles. The monoisotopic (exact) mass is 263 g/mol. The Kier molecular flexibility index (Phi) is 4.77. The molecule has 1 N–H and O–H groups in total. The SMILES string of the molecule is CC(C)(C)NCc1cccnc1N1CCCOCC1. The van der Waals surface area contributed by atoms with Gasteiger partial charge in [-0.05, 0) is 33.3 Å². The fourth-order valence-corrected chi connectivity index (χ4v) is 2.17. The molecule has 1 saturated heterocycles. The van der Waals surface area contributed by atoms with E-state index in [2.05, 4.69) is 42.0 Å². The molecule has 0 aromatic carbocycles. The third-order valence-corrected chi connectivity index (χ3v) is 3.20. The Labute approximate surface area is 116 Å². The molecule has 19 heavy (non-hydrogen) atoms. The molecule has 4 heteroatoms. The maximum atomic E-state index is 5.52. The number of aromatic nitrogens is 1. The van der Waals surface area contributed by atoms with Crippen LogP contribution in [0.5, 0.6) is 0 Å². The van der Waals surface area contributed by atoms with Crippen molar-refractivity contribution in [2.75, 3.05) is 31.2 Å².